The summed E-state index contributed by atoms with van der Waals surface area (Å²) in [4.78, 5) is 42.1. The van der Waals surface area contributed by atoms with Crippen molar-refractivity contribution in [2.45, 2.75) is 26.3 Å². The van der Waals surface area contributed by atoms with Crippen molar-refractivity contribution in [2.24, 2.45) is 17.3 Å². The molecule has 0 spiro atoms. The molecule has 3 heterocycles. The van der Waals surface area contributed by atoms with E-state index in [2.05, 4.69) is 0 Å². The van der Waals surface area contributed by atoms with Crippen LogP contribution in [0.15, 0.2) is 42.5 Å². The van der Waals surface area contributed by atoms with E-state index in [-0.39, 0.29) is 23.8 Å². The number of nitrogens with zero attached hydrogens (tertiary/aromatic N) is 2. The zero-order valence-corrected chi connectivity index (χ0v) is 13.8. The van der Waals surface area contributed by atoms with Crippen LogP contribution in [0.25, 0.3) is 0 Å². The lowest BCUT2D eigenvalue weighted by Crippen LogP contribution is -2.63. The second kappa shape index (κ2) is 5.03. The Labute approximate surface area is 140 Å². The number of hydrogen-bond acceptors (Lipinski definition) is 3. The molecule has 5 nitrogen and oxygen atoms in total. The molecule has 1 aromatic carbocycles. The first kappa shape index (κ1) is 15.1. The fourth-order valence-electron chi connectivity index (χ4n) is 4.46. The van der Waals surface area contributed by atoms with Gasteiger partial charge in [0.05, 0.1) is 29.0 Å². The molecule has 5 rings (SSSR count). The summed E-state index contributed by atoms with van der Waals surface area (Å²) in [6.45, 7) is 4.41. The Morgan fingerprint density at radius 3 is 2.46 bits per heavy atom. The van der Waals surface area contributed by atoms with Gasteiger partial charge in [-0.1, -0.05) is 37.3 Å². The van der Waals surface area contributed by atoms with E-state index in [1.54, 1.807) is 36.1 Å². The van der Waals surface area contributed by atoms with Crippen molar-refractivity contribution in [3.8, 4) is 0 Å². The summed E-state index contributed by atoms with van der Waals surface area (Å²) in [7, 11) is 0. The Balaban J connectivity index is 1.81. The third kappa shape index (κ3) is 1.72. The van der Waals surface area contributed by atoms with Gasteiger partial charge in [-0.25, -0.2) is 4.90 Å². The Morgan fingerprint density at radius 1 is 1.08 bits per heavy atom. The van der Waals surface area contributed by atoms with Crippen molar-refractivity contribution in [2.75, 3.05) is 11.4 Å². The van der Waals surface area contributed by atoms with Crippen LogP contribution in [0.4, 0.5) is 5.69 Å². The molecule has 2 fully saturated rings. The van der Waals surface area contributed by atoms with Gasteiger partial charge in [-0.2, -0.15) is 0 Å². The summed E-state index contributed by atoms with van der Waals surface area (Å²) in [6.07, 6.45) is 4.61. The predicted octanol–water partition coefficient (Wildman–Crippen LogP) is 1.99. The molecule has 2 saturated heterocycles. The van der Waals surface area contributed by atoms with E-state index in [1.165, 1.54) is 4.90 Å². The maximum Gasteiger partial charge on any atom is 0.240 e. The van der Waals surface area contributed by atoms with Crippen molar-refractivity contribution in [3.63, 3.8) is 0 Å². The SMILES string of the molecule is CCCN1C(=O)[C@]2(C)C=C[C@H]1[C@@H]1C(=O)N(c3ccccc3)C(=O)[C@@H]12. The van der Waals surface area contributed by atoms with Crippen molar-refractivity contribution < 1.29 is 14.4 Å². The normalized spacial score (nSPS) is 34.2. The van der Waals surface area contributed by atoms with Gasteiger partial charge in [0.1, 0.15) is 0 Å². The smallest absolute Gasteiger partial charge is 0.240 e. The monoisotopic (exact) mass is 324 g/mol. The molecule has 0 aromatic heterocycles. The van der Waals surface area contributed by atoms with Gasteiger partial charge in [0, 0.05) is 6.54 Å². The highest BCUT2D eigenvalue weighted by Gasteiger charge is 2.66. The molecule has 4 atom stereocenters. The molecule has 0 radical (unpaired) electrons. The van der Waals surface area contributed by atoms with E-state index in [0.717, 1.165) is 6.42 Å². The van der Waals surface area contributed by atoms with Gasteiger partial charge in [-0.15, -0.1) is 0 Å². The minimum atomic E-state index is -0.926. The van der Waals surface area contributed by atoms with E-state index >= 15 is 0 Å². The van der Waals surface area contributed by atoms with Crippen LogP contribution in [0.5, 0.6) is 0 Å². The van der Waals surface area contributed by atoms with Gasteiger partial charge in [-0.3, -0.25) is 14.4 Å². The number of hydrogen-bond donors (Lipinski definition) is 0. The lowest BCUT2D eigenvalue weighted by molar-refractivity contribution is -0.159. The average Bonchev–Trinajstić information content (AvgIpc) is 2.85. The second-order valence-electron chi connectivity index (χ2n) is 6.98. The van der Waals surface area contributed by atoms with Crippen LogP contribution in [-0.4, -0.2) is 35.2 Å². The van der Waals surface area contributed by atoms with E-state index in [9.17, 15) is 14.4 Å². The molecule has 0 unspecified atom stereocenters. The number of amides is 3. The molecule has 0 saturated carbocycles. The van der Waals surface area contributed by atoms with E-state index in [4.69, 9.17) is 0 Å². The highest BCUT2D eigenvalue weighted by Crippen LogP contribution is 2.53. The first-order valence-corrected chi connectivity index (χ1v) is 8.44. The van der Waals surface area contributed by atoms with Crippen LogP contribution in [0.1, 0.15) is 20.3 Å². The number of benzene rings is 1. The molecule has 0 N–H and O–H groups in total. The van der Waals surface area contributed by atoms with Gasteiger partial charge >= 0.3 is 0 Å². The number of fused-ring (bicyclic) bond motifs is 1. The Bertz CT molecular complexity index is 757. The molecular weight excluding hydrogens is 304 g/mol. The molecule has 3 aliphatic heterocycles. The summed E-state index contributed by atoms with van der Waals surface area (Å²) < 4.78 is 0. The minimum Gasteiger partial charge on any atom is -0.335 e. The first-order chi connectivity index (χ1) is 11.5. The van der Waals surface area contributed by atoms with Crippen LogP contribution < -0.4 is 4.90 Å². The highest BCUT2D eigenvalue weighted by atomic mass is 16.2. The number of anilines is 1. The van der Waals surface area contributed by atoms with Gasteiger partial charge in [0.2, 0.25) is 17.7 Å². The Morgan fingerprint density at radius 2 is 1.79 bits per heavy atom. The second-order valence-corrected chi connectivity index (χ2v) is 6.98. The molecular formula is C19H20N2O3. The maximum atomic E-state index is 13.1. The summed E-state index contributed by atoms with van der Waals surface area (Å²) in [5, 5.41) is 0. The topological polar surface area (TPSA) is 57.7 Å². The highest BCUT2D eigenvalue weighted by molar-refractivity contribution is 6.24. The quantitative estimate of drug-likeness (QED) is 0.631. The van der Waals surface area contributed by atoms with Crippen LogP contribution in [0, 0.1) is 17.3 Å². The van der Waals surface area contributed by atoms with Crippen LogP contribution in [0.2, 0.25) is 0 Å². The fraction of sp³-hybridized carbons (Fsp3) is 0.421. The third-order valence-corrected chi connectivity index (χ3v) is 5.57. The van der Waals surface area contributed by atoms with E-state index in [0.29, 0.717) is 12.2 Å². The third-order valence-electron chi connectivity index (χ3n) is 5.57. The Kier molecular flexibility index (Phi) is 3.17. The summed E-state index contributed by atoms with van der Waals surface area (Å²) in [5.74, 6) is -1.55. The number of carbonyl (C=O) groups is 3. The number of carbonyl (C=O) groups excluding carboxylic acids is 3. The van der Waals surface area contributed by atoms with Crippen LogP contribution >= 0.6 is 0 Å². The van der Waals surface area contributed by atoms with Crippen molar-refractivity contribution in [1.29, 1.82) is 0 Å². The van der Waals surface area contributed by atoms with Crippen LogP contribution in [-0.2, 0) is 14.4 Å². The number of piperidine rings is 1. The minimum absolute atomic E-state index is 0.0332. The average molecular weight is 324 g/mol. The Hall–Kier alpha value is -2.43. The zero-order valence-electron chi connectivity index (χ0n) is 13.8. The molecule has 24 heavy (non-hydrogen) atoms. The van der Waals surface area contributed by atoms with Crippen molar-refractivity contribution in [1.82, 2.24) is 4.90 Å². The van der Waals surface area contributed by atoms with Crippen molar-refractivity contribution >= 4 is 23.4 Å². The predicted molar refractivity (Wildman–Crippen MR) is 89.0 cm³/mol. The molecule has 1 aliphatic carbocycles. The molecule has 1 aromatic rings. The molecule has 5 heteroatoms. The molecule has 4 aliphatic rings. The first-order valence-electron chi connectivity index (χ1n) is 8.44. The largest absolute Gasteiger partial charge is 0.335 e. The lowest BCUT2D eigenvalue weighted by atomic mass is 9.61. The number of para-hydroxylation sites is 1. The zero-order chi connectivity index (χ0) is 17.1. The summed E-state index contributed by atoms with van der Waals surface area (Å²) >= 11 is 0. The van der Waals surface area contributed by atoms with Crippen LogP contribution in [0.3, 0.4) is 0 Å². The molecule has 124 valence electrons. The lowest BCUT2D eigenvalue weighted by Gasteiger charge is -2.51. The standard InChI is InChI=1S/C19H20N2O3/c1-3-11-20-13-9-10-19(2,18(20)24)15-14(13)16(22)21(17(15)23)12-7-5-4-6-8-12/h4-10,13-15H,3,11H2,1-2H3/t13-,14-,15+,19+/m0/s1. The molecule has 2 bridgehead atoms. The molecule has 3 amide bonds. The summed E-state index contributed by atoms with van der Waals surface area (Å²) in [6, 6.07) is 8.67. The maximum absolute atomic E-state index is 13.1. The fourth-order valence-corrected chi connectivity index (χ4v) is 4.46. The van der Waals surface area contributed by atoms with E-state index < -0.39 is 17.3 Å². The summed E-state index contributed by atoms with van der Waals surface area (Å²) in [5.41, 5.74) is -0.343. The van der Waals surface area contributed by atoms with Gasteiger partial charge < -0.3 is 4.90 Å². The van der Waals surface area contributed by atoms with Gasteiger partial charge in [-0.05, 0) is 25.5 Å². The van der Waals surface area contributed by atoms with Gasteiger partial charge in [0.15, 0.2) is 0 Å². The van der Waals surface area contributed by atoms with E-state index in [1.807, 2.05) is 25.1 Å². The number of imide groups is 1. The van der Waals surface area contributed by atoms with Crippen molar-refractivity contribution in [3.05, 3.63) is 42.5 Å². The number of rotatable bonds is 3. The van der Waals surface area contributed by atoms with Gasteiger partial charge in [0.25, 0.3) is 0 Å².